The normalized spacial score (nSPS) is 18.6. The molecular weight excluding hydrogens is 694 g/mol. The molecule has 0 bridgehead atoms. The molecule has 9 heteroatoms. The molecule has 47 heavy (non-hydrogen) atoms. The van der Waals surface area contributed by atoms with Gasteiger partial charge in [0.15, 0.2) is 0 Å². The Morgan fingerprint density at radius 1 is 0.532 bits per heavy atom. The number of halogens is 6. The van der Waals surface area contributed by atoms with E-state index in [1.165, 1.54) is 24.3 Å². The van der Waals surface area contributed by atoms with Crippen LogP contribution in [-0.4, -0.2) is 0 Å². The van der Waals surface area contributed by atoms with Crippen LogP contribution in [0.2, 0.25) is 0 Å². The van der Waals surface area contributed by atoms with Crippen molar-refractivity contribution < 1.29 is 56.1 Å². The molecule has 2 aliphatic carbocycles. The summed E-state index contributed by atoms with van der Waals surface area (Å²) in [7, 11) is 0. The third-order valence-corrected chi connectivity index (χ3v) is 11.2. The summed E-state index contributed by atoms with van der Waals surface area (Å²) in [5, 5.41) is 0. The Balaban J connectivity index is 1.42. The fraction of sp³-hybridized carbons (Fsp3) is 0.263. The summed E-state index contributed by atoms with van der Waals surface area (Å²) in [4.78, 5) is 0. The number of hydrogen-bond acceptors (Lipinski definition) is 2. The van der Waals surface area contributed by atoms with E-state index < -0.39 is 59.4 Å². The van der Waals surface area contributed by atoms with Crippen molar-refractivity contribution in [1.29, 1.82) is 0 Å². The first-order chi connectivity index (χ1) is 22.2. The predicted molar refractivity (Wildman–Crippen MR) is 165 cm³/mol. The summed E-state index contributed by atoms with van der Waals surface area (Å²) in [6, 6.07) is 15.3. The number of fused-ring (bicyclic) bond motifs is 10. The average Bonchev–Trinajstić information content (AvgIpc) is 3.52. The monoisotopic (exact) mass is 722 g/mol. The molecule has 0 spiro atoms. The summed E-state index contributed by atoms with van der Waals surface area (Å²) in [5.41, 5.74) is 9.12. The number of benzene rings is 4. The number of aryl methyl sites for hydroxylation is 4. The van der Waals surface area contributed by atoms with Gasteiger partial charge in [0.1, 0.15) is 0 Å². The van der Waals surface area contributed by atoms with E-state index in [0.29, 0.717) is 35.5 Å². The Morgan fingerprint density at radius 3 is 1.30 bits per heavy atom. The van der Waals surface area contributed by atoms with Gasteiger partial charge in [-0.3, -0.25) is 0 Å². The molecule has 4 aromatic rings. The average molecular weight is 724 g/mol. The zero-order chi connectivity index (χ0) is 33.4. The van der Waals surface area contributed by atoms with Crippen molar-refractivity contribution in [3.8, 4) is 11.5 Å². The third kappa shape index (κ3) is 5.79. The first-order valence-corrected chi connectivity index (χ1v) is 17.3. The summed E-state index contributed by atoms with van der Waals surface area (Å²) in [6.07, 6.45) is -3.99. The predicted octanol–water partition coefficient (Wildman–Crippen LogP) is 11.2. The maximum absolute atomic E-state index is 14.1. The van der Waals surface area contributed by atoms with Gasteiger partial charge in [0.05, 0.1) is 0 Å². The van der Waals surface area contributed by atoms with Gasteiger partial charge < -0.3 is 0 Å². The van der Waals surface area contributed by atoms with E-state index in [1.807, 2.05) is 39.8 Å². The molecule has 1 heterocycles. The van der Waals surface area contributed by atoms with Gasteiger partial charge in [-0.05, 0) is 0 Å². The van der Waals surface area contributed by atoms with Gasteiger partial charge in [-0.25, -0.2) is 0 Å². The molecule has 3 aliphatic rings. The minimum atomic E-state index is -4.56. The van der Waals surface area contributed by atoms with E-state index in [2.05, 4.69) is 24.3 Å². The molecule has 2 atom stereocenters. The van der Waals surface area contributed by atoms with Crippen LogP contribution in [0, 0.1) is 27.7 Å². The summed E-state index contributed by atoms with van der Waals surface area (Å²) < 4.78 is 96.9. The van der Waals surface area contributed by atoms with Gasteiger partial charge >= 0.3 is 283 Å². The van der Waals surface area contributed by atoms with Gasteiger partial charge in [0.25, 0.3) is 0 Å². The Bertz CT molecular complexity index is 1860. The Hall–Kier alpha value is -3.58. The topological polar surface area (TPSA) is 18.5 Å². The molecule has 0 saturated carbocycles. The number of alkyl halides is 6. The van der Waals surface area contributed by atoms with Crippen LogP contribution >= 0.6 is 0 Å². The van der Waals surface area contributed by atoms with E-state index in [-0.39, 0.29) is 0 Å². The second kappa shape index (κ2) is 11.5. The van der Waals surface area contributed by atoms with Crippen molar-refractivity contribution in [3.05, 3.63) is 139 Å². The molecule has 1 aliphatic heterocycles. The van der Waals surface area contributed by atoms with Crippen molar-refractivity contribution in [2.45, 2.75) is 64.7 Å². The van der Waals surface area contributed by atoms with Crippen molar-refractivity contribution in [2.75, 3.05) is 0 Å². The molecule has 240 valence electrons. The van der Waals surface area contributed by atoms with Crippen LogP contribution < -0.4 is 5.63 Å². The minimum absolute atomic E-state index is 0.301. The second-order valence-corrected chi connectivity index (χ2v) is 14.1. The zero-order valence-corrected chi connectivity index (χ0v) is 28.5. The molecule has 2 unspecified atom stereocenters. The fourth-order valence-corrected chi connectivity index (χ4v) is 8.55. The van der Waals surface area contributed by atoms with Gasteiger partial charge in [-0.15, -0.1) is 0 Å². The Morgan fingerprint density at radius 2 is 0.915 bits per heavy atom. The zero-order valence-electron chi connectivity index (χ0n) is 26.1. The van der Waals surface area contributed by atoms with Gasteiger partial charge in [0, 0.05) is 0 Å². The molecular formula is C38H30F6O2Zr. The van der Waals surface area contributed by atoms with Crippen molar-refractivity contribution in [2.24, 2.45) is 0 Å². The van der Waals surface area contributed by atoms with Crippen LogP contribution in [0.4, 0.5) is 26.3 Å². The molecule has 7 rings (SSSR count). The van der Waals surface area contributed by atoms with E-state index in [1.54, 1.807) is 0 Å². The van der Waals surface area contributed by atoms with E-state index in [9.17, 15) is 26.3 Å². The van der Waals surface area contributed by atoms with Gasteiger partial charge in [0.2, 0.25) is 0 Å². The Labute approximate surface area is 281 Å². The SMILES string of the molecule is Cc1cc2c(cc1C)C1C(=C2)CCC2=Cc3cc(C)c(C)cc3C2c2cc(C(F)(F)F)ccc2[O][Zr][O]c2ccc(C(F)(F)F)cc21. The van der Waals surface area contributed by atoms with Crippen LogP contribution in [0.25, 0.3) is 12.2 Å². The molecule has 0 amide bonds. The van der Waals surface area contributed by atoms with E-state index in [0.717, 1.165) is 67.8 Å². The number of hydrogen-bond donors (Lipinski definition) is 0. The van der Waals surface area contributed by atoms with E-state index in [4.69, 9.17) is 5.63 Å². The van der Waals surface area contributed by atoms with Gasteiger partial charge in [-0.1, -0.05) is 0 Å². The molecule has 0 saturated heterocycles. The molecule has 2 nitrogen and oxygen atoms in total. The maximum atomic E-state index is 14.1. The van der Waals surface area contributed by atoms with Crippen LogP contribution in [0.5, 0.6) is 11.5 Å². The first-order valence-electron chi connectivity index (χ1n) is 15.3. The van der Waals surface area contributed by atoms with Crippen molar-refractivity contribution in [1.82, 2.24) is 0 Å². The van der Waals surface area contributed by atoms with Crippen LogP contribution in [-0.2, 0) is 36.5 Å². The fourth-order valence-electron chi connectivity index (χ4n) is 7.09. The molecule has 4 aromatic carbocycles. The van der Waals surface area contributed by atoms with Crippen molar-refractivity contribution in [3.63, 3.8) is 0 Å². The molecule has 0 radical (unpaired) electrons. The standard InChI is InChI=1S/C38H32F6O2.Zr/c1-19-11-25-15-23(35(29(25)13-21(19)3)31-17-27(37(39,40)41)7-9-33(31)45)5-6-24-16-26-12-20(2)22(4)14-30(26)36(24)32-18-28(38(42,43)44)8-10-34(32)46;/h7-18,35-36,45-46H,5-6H2,1-4H3;/q;+2/p-2. The van der Waals surface area contributed by atoms with Gasteiger partial charge in [-0.2, -0.15) is 0 Å². The second-order valence-electron chi connectivity index (χ2n) is 12.7. The van der Waals surface area contributed by atoms with Crippen LogP contribution in [0.1, 0.15) is 91.4 Å². The summed E-state index contributed by atoms with van der Waals surface area (Å²) in [5.74, 6) is -0.355. The summed E-state index contributed by atoms with van der Waals surface area (Å²) >= 11 is -2.32. The third-order valence-electron chi connectivity index (χ3n) is 9.75. The quantitative estimate of drug-likeness (QED) is 0.168. The van der Waals surface area contributed by atoms with E-state index >= 15 is 0 Å². The number of allylic oxidation sites excluding steroid dienone is 2. The van der Waals surface area contributed by atoms with Crippen LogP contribution in [0.15, 0.2) is 71.8 Å². The first kappa shape index (κ1) is 32.0. The molecule has 0 fully saturated rings. The molecule has 0 aromatic heterocycles. The summed E-state index contributed by atoms with van der Waals surface area (Å²) in [6.45, 7) is 7.99. The number of rotatable bonds is 0. The molecule has 0 N–H and O–H groups in total. The van der Waals surface area contributed by atoms with Crippen molar-refractivity contribution >= 4 is 12.2 Å². The van der Waals surface area contributed by atoms with Crippen LogP contribution in [0.3, 0.4) is 0 Å². The Kier molecular flexibility index (Phi) is 7.86.